The molecule has 2 heterocycles. The number of nitrogens with one attached hydrogen (secondary N) is 1. The van der Waals surface area contributed by atoms with Gasteiger partial charge >= 0.3 is 12.1 Å². The quantitative estimate of drug-likeness (QED) is 0.538. The Bertz CT molecular complexity index is 1050. The highest BCUT2D eigenvalue weighted by molar-refractivity contribution is 5.97. The molecule has 4 rings (SSSR count). The van der Waals surface area contributed by atoms with Crippen molar-refractivity contribution in [1.29, 1.82) is 0 Å². The number of nitrogens with zero attached hydrogens (tertiary/aromatic N) is 2. The van der Waals surface area contributed by atoms with Crippen LogP contribution in [0.4, 0.5) is 10.5 Å². The van der Waals surface area contributed by atoms with Gasteiger partial charge in [-0.1, -0.05) is 36.4 Å². The maximum atomic E-state index is 13.3. The third kappa shape index (κ3) is 7.55. The third-order valence-electron chi connectivity index (χ3n) is 7.31. The highest BCUT2D eigenvalue weighted by Gasteiger charge is 2.27. The molecule has 2 aliphatic rings. The van der Waals surface area contributed by atoms with Crippen molar-refractivity contribution < 1.29 is 23.9 Å². The number of anilines is 1. The van der Waals surface area contributed by atoms with Crippen LogP contribution in [0.15, 0.2) is 54.6 Å². The summed E-state index contributed by atoms with van der Waals surface area (Å²) in [7, 11) is 1.40. The maximum Gasteiger partial charge on any atom is 0.414 e. The monoisotopic (exact) mass is 507 g/mol. The lowest BCUT2D eigenvalue weighted by atomic mass is 9.93. The van der Waals surface area contributed by atoms with E-state index in [-0.39, 0.29) is 24.4 Å². The van der Waals surface area contributed by atoms with Crippen molar-refractivity contribution >= 4 is 23.7 Å². The van der Waals surface area contributed by atoms with Crippen molar-refractivity contribution in [2.24, 2.45) is 11.8 Å². The van der Waals surface area contributed by atoms with Crippen LogP contribution >= 0.6 is 0 Å². The van der Waals surface area contributed by atoms with E-state index >= 15 is 0 Å². The highest BCUT2D eigenvalue weighted by atomic mass is 16.6. The van der Waals surface area contributed by atoms with Gasteiger partial charge in [0.25, 0.3) is 5.91 Å². The average molecular weight is 508 g/mol. The van der Waals surface area contributed by atoms with E-state index in [2.05, 4.69) is 5.32 Å². The van der Waals surface area contributed by atoms with Gasteiger partial charge < -0.3 is 19.7 Å². The fourth-order valence-corrected chi connectivity index (χ4v) is 5.05. The Morgan fingerprint density at radius 3 is 2.38 bits per heavy atom. The Kier molecular flexibility index (Phi) is 9.54. The predicted octanol–water partition coefficient (Wildman–Crippen LogP) is 4.24. The minimum Gasteiger partial charge on any atom is -0.469 e. The summed E-state index contributed by atoms with van der Waals surface area (Å²) in [5.74, 6) is 0.338. The van der Waals surface area contributed by atoms with Crippen molar-refractivity contribution in [2.45, 2.75) is 38.7 Å². The summed E-state index contributed by atoms with van der Waals surface area (Å²) in [6.07, 6.45) is 3.51. The molecule has 2 saturated heterocycles. The Labute approximate surface area is 218 Å². The predicted molar refractivity (Wildman–Crippen MR) is 141 cm³/mol. The smallest absolute Gasteiger partial charge is 0.414 e. The van der Waals surface area contributed by atoms with Crippen LogP contribution in [0.2, 0.25) is 0 Å². The highest BCUT2D eigenvalue weighted by Crippen LogP contribution is 2.26. The number of hydrogen-bond acceptors (Lipinski definition) is 6. The second-order valence-corrected chi connectivity index (χ2v) is 9.91. The van der Waals surface area contributed by atoms with Crippen LogP contribution in [0.25, 0.3) is 0 Å². The molecular formula is C29H37N3O5. The van der Waals surface area contributed by atoms with Gasteiger partial charge in [0.2, 0.25) is 0 Å². The number of esters is 1. The Morgan fingerprint density at radius 2 is 1.68 bits per heavy atom. The number of ether oxygens (including phenoxy) is 2. The summed E-state index contributed by atoms with van der Waals surface area (Å²) in [5.41, 5.74) is 2.15. The third-order valence-corrected chi connectivity index (χ3v) is 7.31. The maximum absolute atomic E-state index is 13.3. The molecule has 198 valence electrons. The molecule has 0 spiro atoms. The first-order valence-electron chi connectivity index (χ1n) is 13.2. The molecule has 0 radical (unpaired) electrons. The fourth-order valence-electron chi connectivity index (χ4n) is 5.05. The van der Waals surface area contributed by atoms with Gasteiger partial charge in [-0.25, -0.2) is 4.79 Å². The lowest BCUT2D eigenvalue weighted by Gasteiger charge is -2.32. The van der Waals surface area contributed by atoms with Crippen molar-refractivity contribution in [3.8, 4) is 0 Å². The lowest BCUT2D eigenvalue weighted by molar-refractivity contribution is -0.142. The number of likely N-dealkylation sites (tertiary alicyclic amines) is 1. The molecule has 2 fully saturated rings. The molecule has 2 amide bonds. The van der Waals surface area contributed by atoms with Crippen LogP contribution in [0.3, 0.4) is 0 Å². The number of rotatable bonds is 8. The molecular weight excluding hydrogens is 470 g/mol. The number of benzene rings is 2. The van der Waals surface area contributed by atoms with Gasteiger partial charge in [0.05, 0.1) is 7.11 Å². The number of piperidine rings is 2. The van der Waals surface area contributed by atoms with Crippen LogP contribution in [0.5, 0.6) is 0 Å². The van der Waals surface area contributed by atoms with Crippen molar-refractivity contribution in [3.63, 3.8) is 0 Å². The number of methoxy groups -OCH3 is 1. The van der Waals surface area contributed by atoms with E-state index in [1.54, 1.807) is 17.0 Å². The van der Waals surface area contributed by atoms with E-state index in [4.69, 9.17) is 9.47 Å². The van der Waals surface area contributed by atoms with Gasteiger partial charge in [-0.3, -0.25) is 14.5 Å². The largest absolute Gasteiger partial charge is 0.469 e. The molecule has 0 unspecified atom stereocenters. The summed E-state index contributed by atoms with van der Waals surface area (Å²) in [6, 6.07) is 16.9. The molecule has 0 bridgehead atoms. The van der Waals surface area contributed by atoms with Gasteiger partial charge in [0.15, 0.2) is 0 Å². The molecule has 0 aromatic heterocycles. The van der Waals surface area contributed by atoms with Gasteiger partial charge in [-0.2, -0.15) is 0 Å². The van der Waals surface area contributed by atoms with Crippen LogP contribution in [-0.2, 0) is 20.9 Å². The van der Waals surface area contributed by atoms with Crippen LogP contribution in [0, 0.1) is 11.8 Å². The Balaban J connectivity index is 1.45. The van der Waals surface area contributed by atoms with Crippen molar-refractivity contribution in [2.75, 3.05) is 44.7 Å². The van der Waals surface area contributed by atoms with Crippen LogP contribution in [0.1, 0.15) is 48.0 Å². The first kappa shape index (κ1) is 26.7. The van der Waals surface area contributed by atoms with E-state index in [1.165, 1.54) is 7.11 Å². The molecule has 2 aliphatic heterocycles. The minimum atomic E-state index is -0.407. The SMILES string of the molecule is COC(=O)CC1CCN(C(=O)c2cccc(N(CC3CCNCC3)C(=O)OCc3ccccc3)c2)CC1. The molecule has 2 aromatic rings. The van der Waals surface area contributed by atoms with Crippen molar-refractivity contribution in [1.82, 2.24) is 10.2 Å². The average Bonchev–Trinajstić information content (AvgIpc) is 2.95. The Morgan fingerprint density at radius 1 is 0.946 bits per heavy atom. The topological polar surface area (TPSA) is 88.2 Å². The molecule has 8 nitrogen and oxygen atoms in total. The molecule has 8 heteroatoms. The van der Waals surface area contributed by atoms with E-state index in [1.807, 2.05) is 47.4 Å². The number of carbonyl (C=O) groups is 3. The summed E-state index contributed by atoms with van der Waals surface area (Å²) in [5, 5.41) is 3.37. The molecule has 0 saturated carbocycles. The first-order chi connectivity index (χ1) is 18.0. The second-order valence-electron chi connectivity index (χ2n) is 9.91. The normalized spacial score (nSPS) is 16.7. The van der Waals surface area contributed by atoms with Gasteiger partial charge in [0, 0.05) is 37.3 Å². The van der Waals surface area contributed by atoms with Gasteiger partial charge in [-0.15, -0.1) is 0 Å². The lowest BCUT2D eigenvalue weighted by Crippen LogP contribution is -2.40. The summed E-state index contributed by atoms with van der Waals surface area (Å²) in [6.45, 7) is 3.81. The van der Waals surface area contributed by atoms with Crippen molar-refractivity contribution in [3.05, 3.63) is 65.7 Å². The molecule has 2 aromatic carbocycles. The van der Waals surface area contributed by atoms with Crippen LogP contribution < -0.4 is 10.2 Å². The first-order valence-corrected chi connectivity index (χ1v) is 13.2. The van der Waals surface area contributed by atoms with E-state index in [0.29, 0.717) is 43.2 Å². The Hall–Kier alpha value is -3.39. The molecule has 0 aliphatic carbocycles. The zero-order valence-electron chi connectivity index (χ0n) is 21.6. The number of hydrogen-bond donors (Lipinski definition) is 1. The molecule has 1 N–H and O–H groups in total. The standard InChI is InChI=1S/C29H37N3O5/c1-36-27(33)18-22-12-16-31(17-13-22)28(34)25-8-5-9-26(19-25)32(20-23-10-14-30-15-11-23)29(35)37-21-24-6-3-2-4-7-24/h2-9,19,22-23,30H,10-18,20-21H2,1H3. The number of amides is 2. The van der Waals surface area contributed by atoms with Crippen LogP contribution in [-0.4, -0.2) is 62.7 Å². The van der Waals surface area contributed by atoms with E-state index in [9.17, 15) is 14.4 Å². The molecule has 37 heavy (non-hydrogen) atoms. The van der Waals surface area contributed by atoms with E-state index in [0.717, 1.165) is 44.3 Å². The fraction of sp³-hybridized carbons (Fsp3) is 0.483. The molecule has 0 atom stereocenters. The minimum absolute atomic E-state index is 0.0576. The van der Waals surface area contributed by atoms with Gasteiger partial charge in [-0.05, 0) is 74.4 Å². The summed E-state index contributed by atoms with van der Waals surface area (Å²) in [4.78, 5) is 41.7. The zero-order chi connectivity index (χ0) is 26.0. The second kappa shape index (κ2) is 13.2. The van der Waals surface area contributed by atoms with Gasteiger partial charge in [0.1, 0.15) is 6.61 Å². The summed E-state index contributed by atoms with van der Waals surface area (Å²) < 4.78 is 10.5. The summed E-state index contributed by atoms with van der Waals surface area (Å²) >= 11 is 0. The number of carbonyl (C=O) groups excluding carboxylic acids is 3. The van der Waals surface area contributed by atoms with E-state index < -0.39 is 6.09 Å². The zero-order valence-corrected chi connectivity index (χ0v) is 21.6.